The first-order chi connectivity index (χ1) is 4.22. The van der Waals surface area contributed by atoms with Gasteiger partial charge in [-0.2, -0.15) is 0 Å². The molecule has 0 bridgehead atoms. The molecule has 0 saturated carbocycles. The molecule has 0 aromatic rings. The van der Waals surface area contributed by atoms with Gasteiger partial charge < -0.3 is 11.5 Å². The molecule has 1 amide bonds. The van der Waals surface area contributed by atoms with Crippen LogP contribution >= 0.6 is 0 Å². The fourth-order valence-corrected chi connectivity index (χ4v) is 0.574. The Morgan fingerprint density at radius 1 is 1.89 bits per heavy atom. The van der Waals surface area contributed by atoms with Gasteiger partial charge in [0.25, 0.3) is 24.1 Å². The highest BCUT2D eigenvalue weighted by atomic mass is 16.1. The lowest BCUT2D eigenvalue weighted by Crippen LogP contribution is -2.80. The van der Waals surface area contributed by atoms with Crippen LogP contribution in [0.2, 0.25) is 0 Å². The number of aliphatic imine (C=N–C) groups is 1. The van der Waals surface area contributed by atoms with Crippen molar-refractivity contribution in [1.82, 2.24) is 0 Å². The van der Waals surface area contributed by atoms with E-state index in [1.54, 1.807) is 0 Å². The van der Waals surface area contributed by atoms with Crippen LogP contribution in [0.25, 0.3) is 0 Å². The Balaban J connectivity index is 2.74. The van der Waals surface area contributed by atoms with Gasteiger partial charge in [0.15, 0.2) is 0 Å². The molecule has 9 heavy (non-hydrogen) atoms. The molecule has 5 heteroatoms. The molecule has 0 fully saturated rings. The third-order valence-corrected chi connectivity index (χ3v) is 1.04. The second-order valence-corrected chi connectivity index (χ2v) is 1.69. The first-order valence-corrected chi connectivity index (χ1v) is 2.42. The van der Waals surface area contributed by atoms with E-state index in [2.05, 4.69) is 9.98 Å². The largest absolute Gasteiger partial charge is 0.365 e. The van der Waals surface area contributed by atoms with Gasteiger partial charge in [-0.3, -0.25) is 9.79 Å². The number of nitrogens with one attached hydrogen (secondary N) is 1. The van der Waals surface area contributed by atoms with Gasteiger partial charge in [0.2, 0.25) is 0 Å². The van der Waals surface area contributed by atoms with Crippen molar-refractivity contribution in [2.75, 3.05) is 0 Å². The molecule has 0 saturated heterocycles. The molecule has 48 valence electrons. The zero-order chi connectivity index (χ0) is 6.85. The van der Waals surface area contributed by atoms with Gasteiger partial charge in [0, 0.05) is 0 Å². The van der Waals surface area contributed by atoms with Gasteiger partial charge in [0.1, 0.15) is 0 Å². The third kappa shape index (κ3) is 0.883. The average Bonchev–Trinajstić information content (AvgIpc) is 2.13. The van der Waals surface area contributed by atoms with Crippen molar-refractivity contribution in [3.8, 4) is 0 Å². The molecule has 0 aromatic carbocycles. The minimum atomic E-state index is -0.606. The lowest BCUT2D eigenvalue weighted by Gasteiger charge is -1.93. The van der Waals surface area contributed by atoms with Gasteiger partial charge in [0.05, 0.1) is 0 Å². The summed E-state index contributed by atoms with van der Waals surface area (Å²) in [5.74, 6) is -0.285. The van der Waals surface area contributed by atoms with E-state index in [9.17, 15) is 4.79 Å². The number of rotatable bonds is 1. The van der Waals surface area contributed by atoms with Gasteiger partial charge in [-0.05, 0) is 4.99 Å². The van der Waals surface area contributed by atoms with Crippen LogP contribution in [-0.2, 0) is 4.79 Å². The van der Waals surface area contributed by atoms with Crippen LogP contribution in [0.15, 0.2) is 4.99 Å². The Morgan fingerprint density at radius 3 is 2.78 bits per heavy atom. The summed E-state index contributed by atoms with van der Waals surface area (Å²) >= 11 is 0. The molecule has 0 unspecified atom stereocenters. The maximum atomic E-state index is 10.4. The monoisotopic (exact) mass is 127 g/mol. The maximum absolute atomic E-state index is 10.4. The van der Waals surface area contributed by atoms with E-state index >= 15 is 0 Å². The van der Waals surface area contributed by atoms with Crippen LogP contribution in [0.3, 0.4) is 0 Å². The highest BCUT2D eigenvalue weighted by molar-refractivity contribution is 6.07. The van der Waals surface area contributed by atoms with Crippen LogP contribution in [0.1, 0.15) is 0 Å². The normalized spacial score (nSPS) is 24.0. The van der Waals surface area contributed by atoms with Gasteiger partial charge in [-0.1, -0.05) is 0 Å². The number of hydrogen-bond acceptors (Lipinski definition) is 3. The molecule has 0 aromatic heterocycles. The van der Waals surface area contributed by atoms with Crippen molar-refractivity contribution in [2.45, 2.75) is 6.04 Å². The van der Waals surface area contributed by atoms with Crippen LogP contribution in [-0.4, -0.2) is 24.1 Å². The predicted molar refractivity (Wildman–Crippen MR) is 31.6 cm³/mol. The summed E-state index contributed by atoms with van der Waals surface area (Å²) < 4.78 is 0. The average molecular weight is 127 g/mol. The Bertz CT molecular complexity index is 195. The molecular formula is C4H7N4O+. The highest BCUT2D eigenvalue weighted by Gasteiger charge is 2.27. The number of amidine groups is 1. The molecule has 5 N–H and O–H groups in total. The van der Waals surface area contributed by atoms with Crippen LogP contribution in [0.5, 0.6) is 0 Å². The lowest BCUT2D eigenvalue weighted by atomic mass is 10.3. The molecule has 1 aliphatic heterocycles. The summed E-state index contributed by atoms with van der Waals surface area (Å²) in [5, 5.41) is 0. The van der Waals surface area contributed by atoms with E-state index in [-0.39, 0.29) is 5.84 Å². The minimum Gasteiger partial charge on any atom is -0.365 e. The second-order valence-electron chi connectivity index (χ2n) is 1.69. The number of nitrogens with zero attached hydrogens (tertiary/aromatic N) is 1. The molecular weight excluding hydrogens is 120 g/mol. The molecule has 0 aliphatic carbocycles. The first kappa shape index (κ1) is 5.74. The quantitative estimate of drug-likeness (QED) is 0.338. The fourth-order valence-electron chi connectivity index (χ4n) is 0.574. The summed E-state index contributed by atoms with van der Waals surface area (Å²) in [4.78, 5) is 16.6. The number of amides is 1. The van der Waals surface area contributed by atoms with E-state index in [1.807, 2.05) is 0 Å². The van der Waals surface area contributed by atoms with Crippen molar-refractivity contribution >= 4 is 18.1 Å². The maximum Gasteiger partial charge on any atom is 0.282 e. The Kier molecular flexibility index (Phi) is 1.18. The van der Waals surface area contributed by atoms with Crippen molar-refractivity contribution in [3.05, 3.63) is 0 Å². The predicted octanol–water partition coefficient (Wildman–Crippen LogP) is -3.68. The third-order valence-electron chi connectivity index (χ3n) is 1.04. The first-order valence-electron chi connectivity index (χ1n) is 2.42. The molecule has 0 radical (unpaired) electrons. The molecule has 1 heterocycles. The Hall–Kier alpha value is -1.39. The number of hydrogen-bond donors (Lipinski definition) is 3. The summed E-state index contributed by atoms with van der Waals surface area (Å²) in [6.45, 7) is 0. The van der Waals surface area contributed by atoms with Crippen LogP contribution in [0.4, 0.5) is 0 Å². The molecule has 0 spiro atoms. The van der Waals surface area contributed by atoms with E-state index in [0.29, 0.717) is 0 Å². The summed E-state index contributed by atoms with van der Waals surface area (Å²) in [7, 11) is 0. The number of primary amides is 1. The van der Waals surface area contributed by atoms with Crippen molar-refractivity contribution in [2.24, 2.45) is 16.5 Å². The van der Waals surface area contributed by atoms with Gasteiger partial charge >= 0.3 is 0 Å². The van der Waals surface area contributed by atoms with Crippen molar-refractivity contribution in [1.29, 1.82) is 0 Å². The van der Waals surface area contributed by atoms with E-state index in [0.717, 1.165) is 0 Å². The fraction of sp³-hybridized carbons (Fsp3) is 0.250. The van der Waals surface area contributed by atoms with E-state index in [1.165, 1.54) is 6.34 Å². The molecule has 1 aliphatic rings. The summed E-state index contributed by atoms with van der Waals surface area (Å²) in [6, 6.07) is -0.606. The Labute approximate surface area is 51.5 Å². The van der Waals surface area contributed by atoms with Gasteiger partial charge in [-0.15, -0.1) is 0 Å². The topological polar surface area (TPSA) is 95.4 Å². The van der Waals surface area contributed by atoms with Gasteiger partial charge in [-0.25, -0.2) is 0 Å². The van der Waals surface area contributed by atoms with Crippen molar-refractivity contribution < 1.29 is 9.79 Å². The standard InChI is InChI=1S/C4H6N4O/c5-3-2(4(6)9)7-1-8-3/h1-2H,(H2,6,9)(H2,5,7,8)/p+1/t2-/m1/s1. The SMILES string of the molecule is NC(=O)[C@@H]1[NH+]=CN=C1N. The summed E-state index contributed by atoms with van der Waals surface area (Å²) in [5.41, 5.74) is 10.1. The molecule has 1 atom stereocenters. The lowest BCUT2D eigenvalue weighted by molar-refractivity contribution is -0.458. The van der Waals surface area contributed by atoms with Crippen LogP contribution < -0.4 is 16.5 Å². The molecule has 5 nitrogen and oxygen atoms in total. The molecule has 1 rings (SSSR count). The number of carbonyl (C=O) groups is 1. The number of nitrogens with two attached hydrogens (primary N) is 2. The van der Waals surface area contributed by atoms with Crippen LogP contribution in [0, 0.1) is 0 Å². The van der Waals surface area contributed by atoms with E-state index in [4.69, 9.17) is 11.5 Å². The number of carbonyl (C=O) groups excluding carboxylic acids is 1. The zero-order valence-corrected chi connectivity index (χ0v) is 4.66. The highest BCUT2D eigenvalue weighted by Crippen LogP contribution is 1.76. The minimum absolute atomic E-state index is 0.225. The van der Waals surface area contributed by atoms with Crippen molar-refractivity contribution in [3.63, 3.8) is 0 Å². The second kappa shape index (κ2) is 1.85. The zero-order valence-electron chi connectivity index (χ0n) is 4.66. The Morgan fingerprint density at radius 2 is 2.56 bits per heavy atom. The summed E-state index contributed by atoms with van der Waals surface area (Å²) in [6.07, 6.45) is 1.35. The van der Waals surface area contributed by atoms with E-state index < -0.39 is 11.9 Å². The smallest absolute Gasteiger partial charge is 0.282 e.